The highest BCUT2D eigenvalue weighted by atomic mass is 16.4. The second-order valence-electron chi connectivity index (χ2n) is 3.07. The normalized spacial score (nSPS) is 8.36. The number of carboxylic acid groups (broad SMARTS) is 1. The Morgan fingerprint density at radius 3 is 1.50 bits per heavy atom. The van der Waals surface area contributed by atoms with E-state index < -0.39 is 11.4 Å². The quantitative estimate of drug-likeness (QED) is 0.770. The maximum atomic E-state index is 10.5. The van der Waals surface area contributed by atoms with Crippen LogP contribution in [-0.4, -0.2) is 16.9 Å². The molecule has 1 N–H and O–H groups in total. The van der Waals surface area contributed by atoms with Crippen molar-refractivity contribution >= 4 is 11.8 Å². The van der Waals surface area contributed by atoms with E-state index in [2.05, 4.69) is 0 Å². The van der Waals surface area contributed by atoms with E-state index in [0.717, 1.165) is 0 Å². The molecule has 0 aliphatic rings. The summed E-state index contributed by atoms with van der Waals surface area (Å²) in [6.07, 6.45) is 0.0995. The van der Waals surface area contributed by atoms with Crippen molar-refractivity contribution in [1.29, 1.82) is 0 Å². The number of ketones is 1. The fourth-order valence-corrected chi connectivity index (χ4v) is 0.698. The van der Waals surface area contributed by atoms with Gasteiger partial charge < -0.3 is 5.11 Å². The molecule has 14 heavy (non-hydrogen) atoms. The topological polar surface area (TPSA) is 54.4 Å². The second-order valence-corrected chi connectivity index (χ2v) is 3.07. The minimum atomic E-state index is -0.928. The van der Waals surface area contributed by atoms with Gasteiger partial charge in [0.2, 0.25) is 0 Å². The third-order valence-electron chi connectivity index (χ3n) is 1.27. The van der Waals surface area contributed by atoms with E-state index in [-0.39, 0.29) is 27.1 Å². The molecule has 0 aromatic rings. The summed E-state index contributed by atoms with van der Waals surface area (Å²) in [5, 5.41) is 8.54. The lowest BCUT2D eigenvalue weighted by Gasteiger charge is -2.15. The number of hydrogen-bond donors (Lipinski definition) is 1. The smallest absolute Gasteiger partial charge is 0.309 e. The molecule has 3 heteroatoms. The van der Waals surface area contributed by atoms with Gasteiger partial charge in [0.15, 0.2) is 0 Å². The molecule has 3 nitrogen and oxygen atoms in total. The highest BCUT2D eigenvalue weighted by molar-refractivity contribution is 5.84. The number of rotatable bonds is 3. The summed E-state index contributed by atoms with van der Waals surface area (Å²) < 4.78 is 0. The van der Waals surface area contributed by atoms with Crippen LogP contribution in [0.25, 0.3) is 0 Å². The fraction of sp³-hybridized carbons (Fsp3) is 0.818. The third kappa shape index (κ3) is 11.1. The van der Waals surface area contributed by atoms with E-state index in [1.54, 1.807) is 0 Å². The van der Waals surface area contributed by atoms with Crippen LogP contribution >= 0.6 is 0 Å². The molecule has 0 amide bonds. The molecule has 0 aliphatic carbocycles. The van der Waals surface area contributed by atoms with Crippen molar-refractivity contribution in [1.82, 2.24) is 0 Å². The second kappa shape index (κ2) is 10.2. The molecule has 0 rings (SSSR count). The van der Waals surface area contributed by atoms with Crippen molar-refractivity contribution in [2.24, 2.45) is 5.41 Å². The average molecular weight is 206 g/mol. The molecular weight excluding hydrogens is 180 g/mol. The van der Waals surface area contributed by atoms with Crippen LogP contribution in [0.3, 0.4) is 0 Å². The highest BCUT2D eigenvalue weighted by Crippen LogP contribution is 2.20. The van der Waals surface area contributed by atoms with Gasteiger partial charge in [0.25, 0.3) is 0 Å². The molecule has 0 atom stereocenters. The molecule has 0 fully saturated rings. The first-order valence-electron chi connectivity index (χ1n) is 4.09. The zero-order valence-electron chi connectivity index (χ0n) is 8.47. The maximum Gasteiger partial charge on any atom is 0.309 e. The third-order valence-corrected chi connectivity index (χ3v) is 1.27. The first-order chi connectivity index (χ1) is 5.36. The molecule has 0 aromatic carbocycles. The standard InChI is InChI=1S/C7H12O3.C2H6.2CH4/c1-5(8)4-7(2,3)6(9)10;1-2;;/h4H2,1-3H3,(H,9,10);1-2H3;2*1H4. The molecule has 0 spiro atoms. The van der Waals surface area contributed by atoms with E-state index in [1.807, 2.05) is 13.8 Å². The number of hydrogen-bond acceptors (Lipinski definition) is 2. The van der Waals surface area contributed by atoms with Crippen LogP contribution in [0.2, 0.25) is 0 Å². The Labute approximate surface area is 88.5 Å². The lowest BCUT2D eigenvalue weighted by molar-refractivity contribution is -0.149. The SMILES string of the molecule is C.C.CC.CC(=O)CC(C)(C)C(=O)O. The van der Waals surface area contributed by atoms with Crippen molar-refractivity contribution < 1.29 is 14.7 Å². The molecule has 0 unspecified atom stereocenters. The predicted molar refractivity (Wildman–Crippen MR) is 61.5 cm³/mol. The van der Waals surface area contributed by atoms with Gasteiger partial charge in [-0.1, -0.05) is 28.7 Å². The van der Waals surface area contributed by atoms with Gasteiger partial charge >= 0.3 is 5.97 Å². The summed E-state index contributed by atoms with van der Waals surface area (Å²) >= 11 is 0. The van der Waals surface area contributed by atoms with Gasteiger partial charge in [0, 0.05) is 6.42 Å². The van der Waals surface area contributed by atoms with E-state index in [4.69, 9.17) is 5.11 Å². The highest BCUT2D eigenvalue weighted by Gasteiger charge is 2.28. The molecule has 88 valence electrons. The molecule has 0 saturated heterocycles. The number of carboxylic acids is 1. The number of Topliss-reactive ketones (excluding diaryl/α,β-unsaturated/α-hetero) is 1. The number of aliphatic carboxylic acids is 1. The van der Waals surface area contributed by atoms with E-state index in [0.29, 0.717) is 0 Å². The predicted octanol–water partition coefficient (Wildman–Crippen LogP) is 3.37. The Bertz CT molecular complexity index is 160. The molecule has 0 bridgehead atoms. The first kappa shape index (κ1) is 23.2. The Balaban J connectivity index is -0.000000117. The van der Waals surface area contributed by atoms with Gasteiger partial charge in [-0.3, -0.25) is 9.59 Å². The van der Waals surface area contributed by atoms with Gasteiger partial charge in [0.1, 0.15) is 5.78 Å². The lowest BCUT2D eigenvalue weighted by Crippen LogP contribution is -2.25. The number of carbonyl (C=O) groups is 2. The molecule has 0 heterocycles. The summed E-state index contributed by atoms with van der Waals surface area (Å²) in [6.45, 7) is 8.47. The zero-order valence-corrected chi connectivity index (χ0v) is 8.47. The Hall–Kier alpha value is -0.860. The van der Waals surface area contributed by atoms with Crippen LogP contribution < -0.4 is 0 Å². The van der Waals surface area contributed by atoms with E-state index >= 15 is 0 Å². The first-order valence-corrected chi connectivity index (χ1v) is 4.09. The van der Waals surface area contributed by atoms with Gasteiger partial charge in [-0.25, -0.2) is 0 Å². The van der Waals surface area contributed by atoms with Crippen LogP contribution in [0.5, 0.6) is 0 Å². The molecule has 0 aromatic heterocycles. The van der Waals surface area contributed by atoms with Crippen LogP contribution in [0, 0.1) is 5.41 Å². The Morgan fingerprint density at radius 1 is 1.14 bits per heavy atom. The molecule has 0 saturated carbocycles. The summed E-state index contributed by atoms with van der Waals surface area (Å²) in [6, 6.07) is 0. The van der Waals surface area contributed by atoms with E-state index in [1.165, 1.54) is 20.8 Å². The van der Waals surface area contributed by atoms with Crippen molar-refractivity contribution in [3.63, 3.8) is 0 Å². The van der Waals surface area contributed by atoms with Crippen LogP contribution in [0.1, 0.15) is 55.9 Å². The summed E-state index contributed by atoms with van der Waals surface area (Å²) in [7, 11) is 0. The lowest BCUT2D eigenvalue weighted by atomic mass is 9.88. The monoisotopic (exact) mass is 206 g/mol. The van der Waals surface area contributed by atoms with Crippen molar-refractivity contribution in [2.45, 2.75) is 55.9 Å². The average Bonchev–Trinajstić information content (AvgIpc) is 1.89. The number of carbonyl (C=O) groups excluding carboxylic acids is 1. The summed E-state index contributed by atoms with van der Waals surface area (Å²) in [5.41, 5.74) is -0.911. The Morgan fingerprint density at radius 2 is 1.43 bits per heavy atom. The van der Waals surface area contributed by atoms with Gasteiger partial charge in [-0.2, -0.15) is 0 Å². The fourth-order valence-electron chi connectivity index (χ4n) is 0.698. The van der Waals surface area contributed by atoms with Crippen LogP contribution in [0.4, 0.5) is 0 Å². The van der Waals surface area contributed by atoms with Crippen LogP contribution in [0.15, 0.2) is 0 Å². The molecular formula is C11H26O3. The summed E-state index contributed by atoms with van der Waals surface area (Å²) in [4.78, 5) is 20.9. The largest absolute Gasteiger partial charge is 0.481 e. The van der Waals surface area contributed by atoms with E-state index in [9.17, 15) is 9.59 Å². The minimum Gasteiger partial charge on any atom is -0.481 e. The molecule has 0 radical (unpaired) electrons. The maximum absolute atomic E-state index is 10.5. The molecule has 0 aliphatic heterocycles. The van der Waals surface area contributed by atoms with Crippen molar-refractivity contribution in [3.8, 4) is 0 Å². The Kier molecular flexibility index (Phi) is 16.9. The summed E-state index contributed by atoms with van der Waals surface area (Å²) in [5.74, 6) is -1.02. The van der Waals surface area contributed by atoms with Crippen LogP contribution in [-0.2, 0) is 9.59 Å². The van der Waals surface area contributed by atoms with Gasteiger partial charge in [0.05, 0.1) is 5.41 Å². The van der Waals surface area contributed by atoms with Gasteiger partial charge in [-0.15, -0.1) is 0 Å². The zero-order chi connectivity index (χ0) is 10.4. The van der Waals surface area contributed by atoms with Gasteiger partial charge in [-0.05, 0) is 20.8 Å². The van der Waals surface area contributed by atoms with Crippen molar-refractivity contribution in [3.05, 3.63) is 0 Å². The minimum absolute atomic E-state index is 0. The van der Waals surface area contributed by atoms with Crippen molar-refractivity contribution in [2.75, 3.05) is 0 Å².